The molecule has 0 aliphatic heterocycles. The largest absolute Gasteiger partial charge is 0.496 e. The predicted molar refractivity (Wildman–Crippen MR) is 86.2 cm³/mol. The minimum absolute atomic E-state index is 0.208. The number of methoxy groups -OCH3 is 1. The molecule has 2 amide bonds. The summed E-state index contributed by atoms with van der Waals surface area (Å²) in [7, 11) is 1.62. The molecule has 21 heavy (non-hydrogen) atoms. The summed E-state index contributed by atoms with van der Waals surface area (Å²) in [6.45, 7) is 0.908. The van der Waals surface area contributed by atoms with Gasteiger partial charge in [0.25, 0.3) is 0 Å². The summed E-state index contributed by atoms with van der Waals surface area (Å²) >= 11 is 3.40. The van der Waals surface area contributed by atoms with Crippen LogP contribution in [0.15, 0.2) is 53.0 Å². The highest BCUT2D eigenvalue weighted by molar-refractivity contribution is 9.10. The average Bonchev–Trinajstić information content (AvgIpc) is 2.51. The van der Waals surface area contributed by atoms with Crippen LogP contribution in [0.3, 0.4) is 0 Å². The highest BCUT2D eigenvalue weighted by Gasteiger charge is 2.04. The second kappa shape index (κ2) is 7.69. The van der Waals surface area contributed by atoms with Crippen LogP contribution in [0.4, 0.5) is 4.79 Å². The summed E-state index contributed by atoms with van der Waals surface area (Å²) < 4.78 is 6.24. The van der Waals surface area contributed by atoms with Crippen molar-refractivity contribution < 1.29 is 9.53 Å². The first-order valence-electron chi connectivity index (χ1n) is 6.57. The van der Waals surface area contributed by atoms with E-state index in [1.54, 1.807) is 7.11 Å². The molecule has 0 saturated heterocycles. The molecule has 110 valence electrons. The van der Waals surface area contributed by atoms with Crippen LogP contribution in [0.2, 0.25) is 0 Å². The lowest BCUT2D eigenvalue weighted by atomic mass is 10.2. The Morgan fingerprint density at radius 2 is 1.86 bits per heavy atom. The molecule has 0 unspecified atom stereocenters. The second-order valence-electron chi connectivity index (χ2n) is 4.48. The molecule has 2 aromatic carbocycles. The lowest BCUT2D eigenvalue weighted by Crippen LogP contribution is -2.34. The van der Waals surface area contributed by atoms with E-state index in [-0.39, 0.29) is 6.03 Å². The molecular weight excluding hydrogens is 332 g/mol. The maximum atomic E-state index is 11.8. The zero-order valence-corrected chi connectivity index (χ0v) is 13.3. The average molecular weight is 349 g/mol. The normalized spacial score (nSPS) is 10.0. The Bertz CT molecular complexity index is 617. The fraction of sp³-hybridized carbons (Fsp3) is 0.188. The summed E-state index contributed by atoms with van der Waals surface area (Å²) in [4.78, 5) is 11.8. The number of nitrogens with one attached hydrogen (secondary N) is 2. The van der Waals surface area contributed by atoms with E-state index in [0.29, 0.717) is 13.1 Å². The lowest BCUT2D eigenvalue weighted by Gasteiger charge is -2.10. The monoisotopic (exact) mass is 348 g/mol. The summed E-state index contributed by atoms with van der Waals surface area (Å²) in [6.07, 6.45) is 0. The molecule has 0 spiro atoms. The molecule has 0 heterocycles. The zero-order chi connectivity index (χ0) is 15.1. The number of urea groups is 1. The van der Waals surface area contributed by atoms with Gasteiger partial charge in [-0.05, 0) is 23.8 Å². The van der Waals surface area contributed by atoms with Crippen LogP contribution in [-0.4, -0.2) is 13.1 Å². The highest BCUT2D eigenvalue weighted by Crippen LogP contribution is 2.16. The van der Waals surface area contributed by atoms with Gasteiger partial charge < -0.3 is 15.4 Å². The van der Waals surface area contributed by atoms with Gasteiger partial charge in [0, 0.05) is 23.1 Å². The maximum Gasteiger partial charge on any atom is 0.315 e. The molecule has 2 aromatic rings. The molecular formula is C16H17BrN2O2. The van der Waals surface area contributed by atoms with E-state index in [1.165, 1.54) is 0 Å². The van der Waals surface area contributed by atoms with E-state index in [2.05, 4.69) is 26.6 Å². The van der Waals surface area contributed by atoms with Crippen molar-refractivity contribution in [2.45, 2.75) is 13.1 Å². The number of halogens is 1. The van der Waals surface area contributed by atoms with Crippen molar-refractivity contribution in [2.24, 2.45) is 0 Å². The van der Waals surface area contributed by atoms with Crippen molar-refractivity contribution in [2.75, 3.05) is 7.11 Å². The number of ether oxygens (including phenoxy) is 1. The third-order valence-electron chi connectivity index (χ3n) is 2.97. The Morgan fingerprint density at radius 3 is 2.62 bits per heavy atom. The standard InChI is InChI=1S/C16H17BrN2O2/c1-21-15-8-3-2-6-13(15)11-19-16(20)18-10-12-5-4-7-14(17)9-12/h2-9H,10-11H2,1H3,(H2,18,19,20). The highest BCUT2D eigenvalue weighted by atomic mass is 79.9. The molecule has 0 aliphatic carbocycles. The fourth-order valence-electron chi connectivity index (χ4n) is 1.92. The van der Waals surface area contributed by atoms with Crippen molar-refractivity contribution >= 4 is 22.0 Å². The van der Waals surface area contributed by atoms with Gasteiger partial charge in [0.05, 0.1) is 7.11 Å². The van der Waals surface area contributed by atoms with Gasteiger partial charge in [-0.3, -0.25) is 0 Å². The Kier molecular flexibility index (Phi) is 5.63. The van der Waals surface area contributed by atoms with Gasteiger partial charge >= 0.3 is 6.03 Å². The van der Waals surface area contributed by atoms with Gasteiger partial charge in [0.2, 0.25) is 0 Å². The fourth-order valence-corrected chi connectivity index (χ4v) is 2.36. The minimum atomic E-state index is -0.208. The van der Waals surface area contributed by atoms with Crippen LogP contribution in [0.1, 0.15) is 11.1 Å². The second-order valence-corrected chi connectivity index (χ2v) is 5.39. The SMILES string of the molecule is COc1ccccc1CNC(=O)NCc1cccc(Br)c1. The minimum Gasteiger partial charge on any atom is -0.496 e. The van der Waals surface area contributed by atoms with Crippen molar-refractivity contribution in [3.05, 3.63) is 64.1 Å². The Morgan fingerprint density at radius 1 is 1.10 bits per heavy atom. The lowest BCUT2D eigenvalue weighted by molar-refractivity contribution is 0.240. The summed E-state index contributed by atoms with van der Waals surface area (Å²) in [6, 6.07) is 15.2. The van der Waals surface area contributed by atoms with Crippen LogP contribution in [0.25, 0.3) is 0 Å². The van der Waals surface area contributed by atoms with Crippen molar-refractivity contribution in [1.82, 2.24) is 10.6 Å². The topological polar surface area (TPSA) is 50.4 Å². The van der Waals surface area contributed by atoms with Crippen LogP contribution in [0, 0.1) is 0 Å². The number of para-hydroxylation sites is 1. The summed E-state index contributed by atoms with van der Waals surface area (Å²) in [5, 5.41) is 5.64. The Balaban J connectivity index is 1.82. The van der Waals surface area contributed by atoms with Gasteiger partial charge in [-0.15, -0.1) is 0 Å². The zero-order valence-electron chi connectivity index (χ0n) is 11.7. The van der Waals surface area contributed by atoms with Gasteiger partial charge in [0.15, 0.2) is 0 Å². The molecule has 2 rings (SSSR count). The van der Waals surface area contributed by atoms with E-state index in [0.717, 1.165) is 21.3 Å². The van der Waals surface area contributed by atoms with E-state index in [9.17, 15) is 4.79 Å². The number of carbonyl (C=O) groups is 1. The molecule has 0 radical (unpaired) electrons. The van der Waals surface area contributed by atoms with E-state index >= 15 is 0 Å². The van der Waals surface area contributed by atoms with Gasteiger partial charge in [0.1, 0.15) is 5.75 Å². The van der Waals surface area contributed by atoms with E-state index in [1.807, 2.05) is 48.5 Å². The molecule has 0 atom stereocenters. The van der Waals surface area contributed by atoms with Crippen LogP contribution in [-0.2, 0) is 13.1 Å². The first-order valence-corrected chi connectivity index (χ1v) is 7.36. The van der Waals surface area contributed by atoms with E-state index < -0.39 is 0 Å². The quantitative estimate of drug-likeness (QED) is 0.869. The molecule has 2 N–H and O–H groups in total. The number of hydrogen-bond donors (Lipinski definition) is 2. The van der Waals surface area contributed by atoms with Gasteiger partial charge in [-0.1, -0.05) is 46.3 Å². The van der Waals surface area contributed by atoms with Crippen LogP contribution < -0.4 is 15.4 Å². The number of amides is 2. The number of carbonyl (C=O) groups excluding carboxylic acids is 1. The van der Waals surface area contributed by atoms with Crippen molar-refractivity contribution in [1.29, 1.82) is 0 Å². The molecule has 4 nitrogen and oxygen atoms in total. The Hall–Kier alpha value is -2.01. The van der Waals surface area contributed by atoms with E-state index in [4.69, 9.17) is 4.74 Å². The molecule has 0 saturated carbocycles. The first kappa shape index (κ1) is 15.4. The van der Waals surface area contributed by atoms with Gasteiger partial charge in [-0.25, -0.2) is 4.79 Å². The number of hydrogen-bond acceptors (Lipinski definition) is 2. The molecule has 5 heteroatoms. The summed E-state index contributed by atoms with van der Waals surface area (Å²) in [5.41, 5.74) is 1.98. The third-order valence-corrected chi connectivity index (χ3v) is 3.47. The molecule has 0 aromatic heterocycles. The third kappa shape index (κ3) is 4.79. The summed E-state index contributed by atoms with van der Waals surface area (Å²) in [5.74, 6) is 0.768. The first-order chi connectivity index (χ1) is 10.2. The number of rotatable bonds is 5. The van der Waals surface area contributed by atoms with Crippen LogP contribution in [0.5, 0.6) is 5.75 Å². The van der Waals surface area contributed by atoms with Crippen molar-refractivity contribution in [3.8, 4) is 5.75 Å². The molecule has 0 fully saturated rings. The molecule has 0 aliphatic rings. The smallest absolute Gasteiger partial charge is 0.315 e. The molecule has 0 bridgehead atoms. The van der Waals surface area contributed by atoms with Crippen LogP contribution >= 0.6 is 15.9 Å². The Labute approximate surface area is 132 Å². The van der Waals surface area contributed by atoms with Gasteiger partial charge in [-0.2, -0.15) is 0 Å². The predicted octanol–water partition coefficient (Wildman–Crippen LogP) is 3.46. The van der Waals surface area contributed by atoms with Crippen molar-refractivity contribution in [3.63, 3.8) is 0 Å². The maximum absolute atomic E-state index is 11.8. The number of benzene rings is 2.